The number of oxazole rings is 1. The van der Waals surface area contributed by atoms with Crippen LogP contribution in [-0.2, 0) is 11.3 Å². The van der Waals surface area contributed by atoms with Gasteiger partial charge in [0.2, 0.25) is 0 Å². The van der Waals surface area contributed by atoms with Gasteiger partial charge in [-0.05, 0) is 12.1 Å². The third kappa shape index (κ3) is 5.23. The van der Waals surface area contributed by atoms with Gasteiger partial charge in [-0.3, -0.25) is 9.69 Å². The van der Waals surface area contributed by atoms with Crippen molar-refractivity contribution >= 4 is 29.8 Å². The number of carbonyl (C=O) groups excluding carboxylic acids is 1. The van der Waals surface area contributed by atoms with E-state index in [0.29, 0.717) is 30.3 Å². The predicted octanol–water partition coefficient (Wildman–Crippen LogP) is 3.11. The normalized spacial score (nSPS) is 22.4. The number of hydrogen-bond donors (Lipinski definition) is 3. The van der Waals surface area contributed by atoms with E-state index in [1.54, 1.807) is 23.3 Å². The molecule has 0 aliphatic carbocycles. The maximum Gasteiger partial charge on any atom is 0.321 e. The molecule has 3 N–H and O–H groups in total. The summed E-state index contributed by atoms with van der Waals surface area (Å²) in [5.41, 5.74) is 1.21. The maximum atomic E-state index is 12.7. The molecule has 1 aromatic carbocycles. The molecule has 0 saturated carbocycles. The van der Waals surface area contributed by atoms with Crippen LogP contribution in [-0.4, -0.2) is 70.3 Å². The minimum Gasteiger partial charge on any atom is -0.483 e. The molecule has 1 aromatic heterocycles. The van der Waals surface area contributed by atoms with Gasteiger partial charge in [-0.25, -0.2) is 9.78 Å². The molecule has 2 saturated heterocycles. The molecule has 174 valence electrons. The minimum atomic E-state index is -0.303. The molecule has 2 amide bonds. The first-order chi connectivity index (χ1) is 15.3. The molecule has 2 unspecified atom stereocenters. The lowest BCUT2D eigenvalue weighted by atomic mass is 9.82. The first-order valence-electron chi connectivity index (χ1n) is 10.5. The average molecular weight is 465 g/mol. The summed E-state index contributed by atoms with van der Waals surface area (Å²) in [5, 5.41) is 20.5. The predicted molar refractivity (Wildman–Crippen MR) is 120 cm³/mol. The fraction of sp³-hybridized carbons (Fsp3) is 0.500. The van der Waals surface area contributed by atoms with Gasteiger partial charge in [-0.2, -0.15) is 0 Å². The molecule has 0 radical (unpaired) electrons. The molecule has 0 bridgehead atoms. The molecule has 2 aliphatic rings. The Morgan fingerprint density at radius 2 is 2.09 bits per heavy atom. The Morgan fingerprint density at radius 3 is 2.69 bits per heavy atom. The van der Waals surface area contributed by atoms with Crippen LogP contribution in [0.3, 0.4) is 0 Å². The number of likely N-dealkylation sites (tertiary alicyclic amines) is 2. The first-order valence-corrected chi connectivity index (χ1v) is 10.9. The van der Waals surface area contributed by atoms with Gasteiger partial charge in [0.1, 0.15) is 6.26 Å². The van der Waals surface area contributed by atoms with Crippen molar-refractivity contribution in [1.29, 1.82) is 0 Å². The number of halogens is 1. The molecular formula is C22H29ClN4O5. The van der Waals surface area contributed by atoms with E-state index in [0.717, 1.165) is 24.7 Å². The van der Waals surface area contributed by atoms with Crippen LogP contribution in [0.1, 0.15) is 31.4 Å². The van der Waals surface area contributed by atoms with E-state index in [1.807, 2.05) is 12.1 Å². The lowest BCUT2D eigenvalue weighted by Gasteiger charge is -2.27. The second-order valence-electron chi connectivity index (χ2n) is 8.61. The van der Waals surface area contributed by atoms with Crippen molar-refractivity contribution in [2.45, 2.75) is 26.3 Å². The Kier molecular flexibility index (Phi) is 7.76. The van der Waals surface area contributed by atoms with Crippen molar-refractivity contribution in [1.82, 2.24) is 14.8 Å². The molecule has 10 heteroatoms. The highest BCUT2D eigenvalue weighted by atomic mass is 35.5. The number of urea groups is 1. The van der Waals surface area contributed by atoms with Crippen molar-refractivity contribution < 1.29 is 24.2 Å². The summed E-state index contributed by atoms with van der Waals surface area (Å²) >= 11 is 6.15. The number of aromatic nitrogens is 1. The summed E-state index contributed by atoms with van der Waals surface area (Å²) in [4.78, 5) is 29.7. The number of hydrogen-bond acceptors (Lipinski definition) is 6. The molecular weight excluding hydrogens is 436 g/mol. The highest BCUT2D eigenvalue weighted by Crippen LogP contribution is 2.42. The summed E-state index contributed by atoms with van der Waals surface area (Å²) < 4.78 is 5.54. The number of rotatable bonds is 5. The summed E-state index contributed by atoms with van der Waals surface area (Å²) in [6, 6.07) is 7.01. The van der Waals surface area contributed by atoms with Crippen LogP contribution in [0, 0.1) is 11.3 Å². The lowest BCUT2D eigenvalue weighted by Crippen LogP contribution is -2.40. The summed E-state index contributed by atoms with van der Waals surface area (Å²) in [6.45, 7) is 7.30. The monoisotopic (exact) mass is 464 g/mol. The third-order valence-corrected chi connectivity index (χ3v) is 6.33. The van der Waals surface area contributed by atoms with E-state index in [4.69, 9.17) is 25.9 Å². The number of aliphatic hydroxyl groups excluding tert-OH is 1. The number of carboxylic acid groups (broad SMARTS) is 1. The highest BCUT2D eigenvalue weighted by Gasteiger charge is 2.53. The molecule has 32 heavy (non-hydrogen) atoms. The number of para-hydroxylation sites is 1. The van der Waals surface area contributed by atoms with Gasteiger partial charge in [-0.15, -0.1) is 0 Å². The topological polar surface area (TPSA) is 119 Å². The number of nitrogens with zero attached hydrogens (tertiary/aromatic N) is 3. The van der Waals surface area contributed by atoms with E-state index < -0.39 is 0 Å². The van der Waals surface area contributed by atoms with Crippen molar-refractivity contribution in [2.75, 3.05) is 38.1 Å². The molecule has 2 fully saturated rings. The van der Waals surface area contributed by atoms with E-state index in [-0.39, 0.29) is 36.4 Å². The Labute approximate surface area is 192 Å². The van der Waals surface area contributed by atoms with E-state index >= 15 is 0 Å². The molecule has 0 spiro atoms. The Hall–Kier alpha value is -2.62. The summed E-state index contributed by atoms with van der Waals surface area (Å²) in [6.07, 6.45) is 1.72. The number of amides is 2. The van der Waals surface area contributed by atoms with Crippen molar-refractivity contribution in [3.05, 3.63) is 47.1 Å². The zero-order valence-corrected chi connectivity index (χ0v) is 19.0. The lowest BCUT2D eigenvalue weighted by molar-refractivity contribution is -0.122. The van der Waals surface area contributed by atoms with Crippen LogP contribution < -0.4 is 5.32 Å². The van der Waals surface area contributed by atoms with Gasteiger partial charge in [0.05, 0.1) is 23.0 Å². The Bertz CT molecular complexity index is 937. The zero-order valence-electron chi connectivity index (χ0n) is 18.2. The molecule has 4 rings (SSSR count). The Balaban J connectivity index is 0.000000913. The molecule has 2 aromatic rings. The van der Waals surface area contributed by atoms with Gasteiger partial charge < -0.3 is 24.8 Å². The Morgan fingerprint density at radius 1 is 1.38 bits per heavy atom. The first kappa shape index (κ1) is 24.0. The third-order valence-electron chi connectivity index (χ3n) is 6.00. The molecule has 3 heterocycles. The summed E-state index contributed by atoms with van der Waals surface area (Å²) in [5.74, 6) is 1.23. The van der Waals surface area contributed by atoms with Crippen LogP contribution in [0.5, 0.6) is 0 Å². The SMILES string of the molecule is CC(C)c1nc(CN2CC3CN(C(=O)Nc4ccccc4Cl)CC3(CO)C2)co1.O=CO. The zero-order chi connectivity index (χ0) is 23.3. The number of carbonyl (C=O) groups is 2. The van der Waals surface area contributed by atoms with Gasteiger partial charge in [0, 0.05) is 50.0 Å². The van der Waals surface area contributed by atoms with E-state index in [9.17, 15) is 9.90 Å². The quantitative estimate of drug-likeness (QED) is 0.581. The molecule has 9 nitrogen and oxygen atoms in total. The van der Waals surface area contributed by atoms with Crippen molar-refractivity contribution in [3.8, 4) is 0 Å². The standard InChI is InChI=1S/C21H27ClN4O3.CH2O2/c1-14(2)19-23-16(10-29-19)9-25-7-15-8-26(12-21(15,11-25)13-27)20(28)24-18-6-4-3-5-17(18)22;2-1-3/h3-6,10,14-15,27H,7-9,11-13H2,1-2H3,(H,24,28);1H,(H,2,3). The van der Waals surface area contributed by atoms with Gasteiger partial charge in [-0.1, -0.05) is 37.6 Å². The average Bonchev–Trinajstić information content (AvgIpc) is 3.43. The number of nitrogens with one attached hydrogen (secondary N) is 1. The van der Waals surface area contributed by atoms with Crippen LogP contribution >= 0.6 is 11.6 Å². The van der Waals surface area contributed by atoms with Gasteiger partial charge in [0.15, 0.2) is 5.89 Å². The fourth-order valence-corrected chi connectivity index (χ4v) is 4.62. The van der Waals surface area contributed by atoms with Crippen LogP contribution in [0.25, 0.3) is 0 Å². The smallest absolute Gasteiger partial charge is 0.321 e. The fourth-order valence-electron chi connectivity index (χ4n) is 4.44. The van der Waals surface area contributed by atoms with E-state index in [1.165, 1.54) is 0 Å². The second kappa shape index (κ2) is 10.3. The highest BCUT2D eigenvalue weighted by molar-refractivity contribution is 6.33. The van der Waals surface area contributed by atoms with Crippen molar-refractivity contribution in [3.63, 3.8) is 0 Å². The number of aliphatic hydroxyl groups is 1. The number of benzene rings is 1. The largest absolute Gasteiger partial charge is 0.483 e. The molecule has 2 atom stereocenters. The van der Waals surface area contributed by atoms with Crippen molar-refractivity contribution in [2.24, 2.45) is 11.3 Å². The van der Waals surface area contributed by atoms with Gasteiger partial charge >= 0.3 is 6.03 Å². The van der Waals surface area contributed by atoms with Crippen LogP contribution in [0.2, 0.25) is 5.02 Å². The van der Waals surface area contributed by atoms with Crippen LogP contribution in [0.4, 0.5) is 10.5 Å². The maximum absolute atomic E-state index is 12.7. The number of fused-ring (bicyclic) bond motifs is 1. The second-order valence-corrected chi connectivity index (χ2v) is 9.02. The van der Waals surface area contributed by atoms with Gasteiger partial charge in [0.25, 0.3) is 6.47 Å². The number of anilines is 1. The van der Waals surface area contributed by atoms with Crippen LogP contribution in [0.15, 0.2) is 34.9 Å². The minimum absolute atomic E-state index is 0.0557. The summed E-state index contributed by atoms with van der Waals surface area (Å²) in [7, 11) is 0. The van der Waals surface area contributed by atoms with E-state index in [2.05, 4.69) is 29.0 Å². The molecule has 2 aliphatic heterocycles.